The molecule has 5 aromatic carbocycles. The molecule has 2 nitrogen and oxygen atoms in total. The van der Waals surface area contributed by atoms with Gasteiger partial charge in [-0.15, -0.1) is 0 Å². The third-order valence-electron chi connectivity index (χ3n) is 8.03. The lowest BCUT2D eigenvalue weighted by Gasteiger charge is -2.24. The summed E-state index contributed by atoms with van der Waals surface area (Å²) in [7, 11) is -0.652. The van der Waals surface area contributed by atoms with Gasteiger partial charge in [0.25, 0.3) is 0 Å². The first-order valence-corrected chi connectivity index (χ1v) is 15.6. The third kappa shape index (κ3) is 5.12. The van der Waals surface area contributed by atoms with Crippen LogP contribution in [0.1, 0.15) is 39.4 Å². The van der Waals surface area contributed by atoms with Gasteiger partial charge in [0, 0.05) is 5.56 Å². The van der Waals surface area contributed by atoms with Crippen LogP contribution in [0.25, 0.3) is 0 Å². The second-order valence-corrected chi connectivity index (χ2v) is 12.8. The second kappa shape index (κ2) is 11.2. The van der Waals surface area contributed by atoms with E-state index in [-0.39, 0.29) is 6.04 Å². The standard InChI is InChI=1S/C37H32NOP/c1-4-10-30(11-5-1)35-26-39-37(38-35)34-24-27-16-17-28-19-21-31(23-22-29(34)20-18-27)36(25-28)40(32-12-6-2-7-13-32)33-14-8-3-9-15-33/h1-15,18-21,24-25,35H,16-17,22-23,26H2/t35-/m0/s1. The third-order valence-corrected chi connectivity index (χ3v) is 10.6. The van der Waals surface area contributed by atoms with Crippen LogP contribution in [-0.2, 0) is 30.4 Å². The molecule has 0 N–H and O–H groups in total. The molecule has 1 atom stereocenters. The Labute approximate surface area is 238 Å². The van der Waals surface area contributed by atoms with E-state index >= 15 is 0 Å². The number of aryl methyl sites for hydroxylation is 4. The molecule has 0 amide bonds. The van der Waals surface area contributed by atoms with E-state index in [9.17, 15) is 0 Å². The molecule has 0 spiro atoms. The van der Waals surface area contributed by atoms with Crippen molar-refractivity contribution in [1.29, 1.82) is 0 Å². The van der Waals surface area contributed by atoms with E-state index in [0.717, 1.165) is 31.6 Å². The second-order valence-electron chi connectivity index (χ2n) is 10.6. The van der Waals surface area contributed by atoms with Crippen LogP contribution in [0.2, 0.25) is 0 Å². The molecule has 5 aromatic rings. The van der Waals surface area contributed by atoms with Gasteiger partial charge < -0.3 is 4.74 Å². The Bertz CT molecular complexity index is 1610. The van der Waals surface area contributed by atoms with Crippen LogP contribution >= 0.6 is 7.92 Å². The SMILES string of the molecule is c1ccc([C@@H]2COC(c3cc4ccc3CCc3ccc(cc3P(c3ccccc3)c3ccccc3)CC4)=N2)cc1. The zero-order valence-corrected chi connectivity index (χ0v) is 23.4. The van der Waals surface area contributed by atoms with Crippen molar-refractivity contribution < 1.29 is 4.74 Å². The molecule has 40 heavy (non-hydrogen) atoms. The summed E-state index contributed by atoms with van der Waals surface area (Å²) in [6.07, 6.45) is 3.94. The van der Waals surface area contributed by atoms with Crippen molar-refractivity contribution in [2.24, 2.45) is 4.99 Å². The van der Waals surface area contributed by atoms with Gasteiger partial charge in [-0.2, -0.15) is 0 Å². The largest absolute Gasteiger partial charge is 0.475 e. The number of hydrogen-bond acceptors (Lipinski definition) is 2. The van der Waals surface area contributed by atoms with Gasteiger partial charge in [-0.3, -0.25) is 0 Å². The lowest BCUT2D eigenvalue weighted by Crippen LogP contribution is -2.24. The molecule has 1 heterocycles. The van der Waals surface area contributed by atoms with Crippen molar-refractivity contribution in [3.63, 3.8) is 0 Å². The molecule has 0 saturated carbocycles. The molecule has 0 saturated heterocycles. The number of hydrogen-bond donors (Lipinski definition) is 0. The predicted molar refractivity (Wildman–Crippen MR) is 168 cm³/mol. The van der Waals surface area contributed by atoms with E-state index in [2.05, 4.69) is 127 Å². The van der Waals surface area contributed by atoms with Crippen LogP contribution in [0.3, 0.4) is 0 Å². The van der Waals surface area contributed by atoms with Crippen molar-refractivity contribution in [2.75, 3.05) is 6.61 Å². The summed E-state index contributed by atoms with van der Waals surface area (Å²) in [5.74, 6) is 0.799. The number of ether oxygens (including phenoxy) is 1. The van der Waals surface area contributed by atoms with Crippen molar-refractivity contribution in [3.8, 4) is 0 Å². The number of rotatable bonds is 5. The molecule has 0 fully saturated rings. The molecular formula is C37H32NOP. The zero-order chi connectivity index (χ0) is 26.7. The van der Waals surface area contributed by atoms with Crippen LogP contribution < -0.4 is 15.9 Å². The maximum absolute atomic E-state index is 6.25. The molecule has 0 radical (unpaired) electrons. The maximum atomic E-state index is 6.25. The lowest BCUT2D eigenvalue weighted by atomic mass is 9.93. The number of nitrogens with zero attached hydrogens (tertiary/aromatic N) is 1. The van der Waals surface area contributed by atoms with Gasteiger partial charge in [0.05, 0.1) is 0 Å². The molecule has 5 aliphatic rings. The quantitative estimate of drug-likeness (QED) is 0.225. The summed E-state index contributed by atoms with van der Waals surface area (Å²) in [5.41, 5.74) is 7.88. The van der Waals surface area contributed by atoms with Crippen LogP contribution in [0.5, 0.6) is 0 Å². The fourth-order valence-electron chi connectivity index (χ4n) is 5.89. The summed E-state index contributed by atoms with van der Waals surface area (Å²) in [4.78, 5) is 5.06. The summed E-state index contributed by atoms with van der Waals surface area (Å²) in [6, 6.07) is 46.9. The van der Waals surface area contributed by atoms with Gasteiger partial charge >= 0.3 is 0 Å². The normalized spacial score (nSPS) is 16.3. The Kier molecular flexibility index (Phi) is 7.02. The minimum atomic E-state index is -0.652. The van der Waals surface area contributed by atoms with Gasteiger partial charge in [0.2, 0.25) is 5.90 Å². The first kappa shape index (κ1) is 25.0. The smallest absolute Gasteiger partial charge is 0.217 e. The van der Waals surface area contributed by atoms with Crippen LogP contribution in [0.15, 0.2) is 132 Å². The van der Waals surface area contributed by atoms with Gasteiger partial charge in [-0.25, -0.2) is 4.99 Å². The summed E-state index contributed by atoms with van der Waals surface area (Å²) in [6.45, 7) is 0.604. The topological polar surface area (TPSA) is 21.6 Å². The average molecular weight is 538 g/mol. The summed E-state index contributed by atoms with van der Waals surface area (Å²) in [5, 5.41) is 4.29. The number of benzene rings is 5. The highest BCUT2D eigenvalue weighted by molar-refractivity contribution is 7.79. The minimum Gasteiger partial charge on any atom is -0.475 e. The van der Waals surface area contributed by atoms with E-state index < -0.39 is 7.92 Å². The van der Waals surface area contributed by atoms with Gasteiger partial charge in [0.1, 0.15) is 12.6 Å². The Hall–Kier alpha value is -4.00. The van der Waals surface area contributed by atoms with Crippen LogP contribution in [-0.4, -0.2) is 12.5 Å². The van der Waals surface area contributed by atoms with Gasteiger partial charge in [-0.1, -0.05) is 121 Å². The van der Waals surface area contributed by atoms with Crippen LogP contribution in [0.4, 0.5) is 0 Å². The molecule has 3 heteroatoms. The van der Waals surface area contributed by atoms with Gasteiger partial charge in [0.15, 0.2) is 0 Å². The first-order chi connectivity index (χ1) is 19.8. The van der Waals surface area contributed by atoms with E-state index in [0.29, 0.717) is 6.61 Å². The summed E-state index contributed by atoms with van der Waals surface area (Å²) < 4.78 is 6.25. The fourth-order valence-corrected chi connectivity index (χ4v) is 8.45. The Morgan fingerprint density at radius 3 is 1.82 bits per heavy atom. The van der Waals surface area contributed by atoms with E-state index in [1.54, 1.807) is 0 Å². The molecule has 1 aliphatic heterocycles. The van der Waals surface area contributed by atoms with Gasteiger partial charge in [-0.05, 0) is 83.4 Å². The number of aliphatic imine (C=N–C) groups is 1. The Morgan fingerprint density at radius 1 is 0.575 bits per heavy atom. The monoisotopic (exact) mass is 537 g/mol. The minimum absolute atomic E-state index is 0.0605. The molecule has 0 unspecified atom stereocenters. The maximum Gasteiger partial charge on any atom is 0.217 e. The first-order valence-electron chi connectivity index (χ1n) is 14.2. The Balaban J connectivity index is 1.27. The highest BCUT2D eigenvalue weighted by atomic mass is 31.1. The van der Waals surface area contributed by atoms with Crippen LogP contribution in [0, 0.1) is 0 Å². The van der Waals surface area contributed by atoms with E-state index in [1.807, 2.05) is 0 Å². The Morgan fingerprint density at radius 2 is 1.15 bits per heavy atom. The van der Waals surface area contributed by atoms with E-state index in [4.69, 9.17) is 9.73 Å². The molecule has 4 bridgehead atoms. The lowest BCUT2D eigenvalue weighted by molar-refractivity contribution is 0.319. The average Bonchev–Trinajstić information content (AvgIpc) is 3.51. The van der Waals surface area contributed by atoms with Crippen molar-refractivity contribution >= 4 is 29.7 Å². The molecule has 0 aromatic heterocycles. The highest BCUT2D eigenvalue weighted by Crippen LogP contribution is 2.36. The molecule has 4 aliphatic carbocycles. The molecular weight excluding hydrogens is 505 g/mol. The zero-order valence-electron chi connectivity index (χ0n) is 22.5. The predicted octanol–water partition coefficient (Wildman–Crippen LogP) is 6.85. The van der Waals surface area contributed by atoms with Crippen molar-refractivity contribution in [1.82, 2.24) is 0 Å². The molecule has 10 rings (SSSR count). The van der Waals surface area contributed by atoms with E-state index in [1.165, 1.54) is 49.3 Å². The molecule has 196 valence electrons. The van der Waals surface area contributed by atoms with Crippen molar-refractivity contribution in [3.05, 3.63) is 161 Å². The fraction of sp³-hybridized carbons (Fsp3) is 0.162. The highest BCUT2D eigenvalue weighted by Gasteiger charge is 2.25. The summed E-state index contributed by atoms with van der Waals surface area (Å²) >= 11 is 0. The van der Waals surface area contributed by atoms with Crippen molar-refractivity contribution in [2.45, 2.75) is 31.7 Å².